The number of halogens is 1. The average molecular weight is 327 g/mol. The molecule has 0 aliphatic heterocycles. The van der Waals surface area contributed by atoms with Gasteiger partial charge < -0.3 is 0 Å². The molecule has 0 radical (unpaired) electrons. The molecule has 3 aromatic rings. The second kappa shape index (κ2) is 6.34. The van der Waals surface area contributed by atoms with Gasteiger partial charge in [0, 0.05) is 10.6 Å². The van der Waals surface area contributed by atoms with Crippen LogP contribution in [-0.4, -0.2) is 15.3 Å². The van der Waals surface area contributed by atoms with Crippen molar-refractivity contribution in [1.82, 2.24) is 9.55 Å². The first-order valence-electron chi connectivity index (χ1n) is 7.35. The van der Waals surface area contributed by atoms with Crippen LogP contribution >= 0.6 is 11.6 Å². The largest absolute Gasteiger partial charge is 0.292 e. The summed E-state index contributed by atoms with van der Waals surface area (Å²) in [6, 6.07) is 12.4. The van der Waals surface area contributed by atoms with Crippen LogP contribution in [0.4, 0.5) is 0 Å². The highest BCUT2D eigenvalue weighted by atomic mass is 35.5. The van der Waals surface area contributed by atoms with Crippen LogP contribution in [0.5, 0.6) is 0 Å². The minimum absolute atomic E-state index is 0.0419. The molecule has 0 amide bonds. The smallest absolute Gasteiger partial charge is 0.261 e. The number of aryl methyl sites for hydroxylation is 1. The van der Waals surface area contributed by atoms with E-state index in [-0.39, 0.29) is 17.9 Å². The molecule has 0 N–H and O–H groups in total. The summed E-state index contributed by atoms with van der Waals surface area (Å²) in [6.45, 7) is 2.02. The van der Waals surface area contributed by atoms with Crippen molar-refractivity contribution in [1.29, 1.82) is 0 Å². The Morgan fingerprint density at radius 2 is 1.91 bits per heavy atom. The SMILES string of the molecule is CCc1ccc(C(=O)Cn2cnc3ccc(Cl)cc3c2=O)cc1. The van der Waals surface area contributed by atoms with Crippen LogP contribution in [0.25, 0.3) is 10.9 Å². The molecule has 23 heavy (non-hydrogen) atoms. The quantitative estimate of drug-likeness (QED) is 0.689. The Balaban J connectivity index is 1.92. The summed E-state index contributed by atoms with van der Waals surface area (Å²) in [5.74, 6) is -0.127. The van der Waals surface area contributed by atoms with Crippen LogP contribution in [0.3, 0.4) is 0 Å². The van der Waals surface area contributed by atoms with Crippen LogP contribution in [-0.2, 0) is 13.0 Å². The lowest BCUT2D eigenvalue weighted by atomic mass is 10.1. The minimum Gasteiger partial charge on any atom is -0.292 e. The molecule has 5 heteroatoms. The van der Waals surface area contributed by atoms with E-state index in [0.29, 0.717) is 21.5 Å². The number of Topliss-reactive ketones (excluding diaryl/α,β-unsaturated/α-hetero) is 1. The molecule has 4 nitrogen and oxygen atoms in total. The molecule has 0 fully saturated rings. The van der Waals surface area contributed by atoms with Crippen molar-refractivity contribution in [2.75, 3.05) is 0 Å². The Hall–Kier alpha value is -2.46. The first-order chi connectivity index (χ1) is 11.1. The summed E-state index contributed by atoms with van der Waals surface area (Å²) < 4.78 is 1.31. The van der Waals surface area contributed by atoms with Crippen LogP contribution in [0, 0.1) is 0 Å². The Labute approximate surface area is 138 Å². The van der Waals surface area contributed by atoms with Crippen molar-refractivity contribution in [2.45, 2.75) is 19.9 Å². The van der Waals surface area contributed by atoms with Gasteiger partial charge in [0.2, 0.25) is 0 Å². The molecule has 1 heterocycles. The summed E-state index contributed by atoms with van der Waals surface area (Å²) in [7, 11) is 0. The molecule has 0 spiro atoms. The molecular weight excluding hydrogens is 312 g/mol. The lowest BCUT2D eigenvalue weighted by Gasteiger charge is -2.07. The standard InChI is InChI=1S/C18H15ClN2O2/c1-2-12-3-5-13(6-4-12)17(22)10-21-11-20-16-8-7-14(19)9-15(16)18(21)23/h3-9,11H,2,10H2,1H3. The highest BCUT2D eigenvalue weighted by Crippen LogP contribution is 2.14. The molecule has 1 aromatic heterocycles. The summed E-state index contributed by atoms with van der Waals surface area (Å²) in [4.78, 5) is 29.0. The Kier molecular flexibility index (Phi) is 4.26. The van der Waals surface area contributed by atoms with Gasteiger partial charge in [-0.15, -0.1) is 0 Å². The summed E-state index contributed by atoms with van der Waals surface area (Å²) in [6.07, 6.45) is 2.32. The van der Waals surface area contributed by atoms with Gasteiger partial charge in [0.15, 0.2) is 5.78 Å². The maximum atomic E-state index is 12.5. The Morgan fingerprint density at radius 1 is 1.17 bits per heavy atom. The average Bonchev–Trinajstić information content (AvgIpc) is 2.58. The van der Waals surface area contributed by atoms with Crippen LogP contribution in [0.15, 0.2) is 53.6 Å². The topological polar surface area (TPSA) is 52.0 Å². The number of ketones is 1. The third-order valence-electron chi connectivity index (χ3n) is 3.78. The van der Waals surface area contributed by atoms with E-state index in [2.05, 4.69) is 11.9 Å². The minimum atomic E-state index is -0.268. The first-order valence-corrected chi connectivity index (χ1v) is 7.73. The molecule has 2 aromatic carbocycles. The van der Waals surface area contributed by atoms with Gasteiger partial charge in [-0.25, -0.2) is 4.98 Å². The lowest BCUT2D eigenvalue weighted by molar-refractivity contribution is 0.0970. The van der Waals surface area contributed by atoms with E-state index in [4.69, 9.17) is 11.6 Å². The summed E-state index contributed by atoms with van der Waals surface area (Å²) >= 11 is 5.93. The summed E-state index contributed by atoms with van der Waals surface area (Å²) in [5, 5.41) is 0.879. The fourth-order valence-electron chi connectivity index (χ4n) is 2.42. The molecule has 0 atom stereocenters. The number of benzene rings is 2. The third kappa shape index (κ3) is 3.17. The van der Waals surface area contributed by atoms with Gasteiger partial charge in [0.05, 0.1) is 23.8 Å². The van der Waals surface area contributed by atoms with Gasteiger partial charge in [-0.2, -0.15) is 0 Å². The molecule has 0 aliphatic rings. The van der Waals surface area contributed by atoms with Crippen molar-refractivity contribution in [2.24, 2.45) is 0 Å². The predicted octanol–water partition coefficient (Wildman–Crippen LogP) is 3.50. The third-order valence-corrected chi connectivity index (χ3v) is 4.02. The van der Waals surface area contributed by atoms with E-state index < -0.39 is 0 Å². The number of carbonyl (C=O) groups is 1. The number of hydrogen-bond acceptors (Lipinski definition) is 3. The first kappa shape index (κ1) is 15.4. The zero-order chi connectivity index (χ0) is 16.4. The van der Waals surface area contributed by atoms with Crippen LogP contribution in [0.2, 0.25) is 5.02 Å². The van der Waals surface area contributed by atoms with Gasteiger partial charge in [-0.05, 0) is 30.2 Å². The van der Waals surface area contributed by atoms with Gasteiger partial charge in [-0.3, -0.25) is 14.2 Å². The molecular formula is C18H15ClN2O2. The van der Waals surface area contributed by atoms with E-state index in [0.717, 1.165) is 6.42 Å². The monoisotopic (exact) mass is 326 g/mol. The maximum absolute atomic E-state index is 12.5. The van der Waals surface area contributed by atoms with E-state index >= 15 is 0 Å². The van der Waals surface area contributed by atoms with Gasteiger partial charge >= 0.3 is 0 Å². The highest BCUT2D eigenvalue weighted by molar-refractivity contribution is 6.31. The molecule has 0 unspecified atom stereocenters. The number of carbonyl (C=O) groups excluding carboxylic acids is 1. The fourth-order valence-corrected chi connectivity index (χ4v) is 2.59. The molecule has 116 valence electrons. The second-order valence-electron chi connectivity index (χ2n) is 5.31. The normalized spacial score (nSPS) is 10.9. The fraction of sp³-hybridized carbons (Fsp3) is 0.167. The number of rotatable bonds is 4. The van der Waals surface area contributed by atoms with Crippen molar-refractivity contribution >= 4 is 28.3 Å². The Morgan fingerprint density at radius 3 is 2.61 bits per heavy atom. The molecule has 0 bridgehead atoms. The van der Waals surface area contributed by atoms with Gasteiger partial charge in [0.25, 0.3) is 5.56 Å². The van der Waals surface area contributed by atoms with Crippen LogP contribution in [0.1, 0.15) is 22.8 Å². The zero-order valence-corrected chi connectivity index (χ0v) is 13.4. The predicted molar refractivity (Wildman–Crippen MR) is 91.2 cm³/mol. The number of aromatic nitrogens is 2. The molecule has 3 rings (SSSR count). The molecule has 0 saturated carbocycles. The zero-order valence-electron chi connectivity index (χ0n) is 12.6. The number of fused-ring (bicyclic) bond motifs is 1. The van der Waals surface area contributed by atoms with Crippen molar-refractivity contribution < 1.29 is 4.79 Å². The lowest BCUT2D eigenvalue weighted by Crippen LogP contribution is -2.24. The van der Waals surface area contributed by atoms with E-state index in [9.17, 15) is 9.59 Å². The van der Waals surface area contributed by atoms with Crippen LogP contribution < -0.4 is 5.56 Å². The number of nitrogens with zero attached hydrogens (tertiary/aromatic N) is 2. The molecule has 0 aliphatic carbocycles. The second-order valence-corrected chi connectivity index (χ2v) is 5.75. The molecule has 0 saturated heterocycles. The Bertz CT molecular complexity index is 930. The van der Waals surface area contributed by atoms with E-state index in [1.54, 1.807) is 30.3 Å². The van der Waals surface area contributed by atoms with E-state index in [1.165, 1.54) is 16.5 Å². The van der Waals surface area contributed by atoms with Gasteiger partial charge in [0.1, 0.15) is 0 Å². The van der Waals surface area contributed by atoms with E-state index in [1.807, 2.05) is 12.1 Å². The number of hydrogen-bond donors (Lipinski definition) is 0. The van der Waals surface area contributed by atoms with Crippen molar-refractivity contribution in [3.63, 3.8) is 0 Å². The van der Waals surface area contributed by atoms with Crippen molar-refractivity contribution in [3.05, 3.63) is 75.3 Å². The van der Waals surface area contributed by atoms with Gasteiger partial charge in [-0.1, -0.05) is 42.8 Å². The van der Waals surface area contributed by atoms with Crippen molar-refractivity contribution in [3.8, 4) is 0 Å². The highest BCUT2D eigenvalue weighted by Gasteiger charge is 2.10. The summed E-state index contributed by atoms with van der Waals surface area (Å²) in [5.41, 5.74) is 2.05. The maximum Gasteiger partial charge on any atom is 0.261 e.